The molecule has 0 amide bonds. The molecule has 0 saturated carbocycles. The molecule has 3 heterocycles. The number of anilines is 1. The number of hydrogen-bond donors (Lipinski definition) is 1. The minimum absolute atomic E-state index is 0.184. The summed E-state index contributed by atoms with van der Waals surface area (Å²) in [7, 11) is -3.49. The minimum atomic E-state index is -3.49. The fourth-order valence-electron chi connectivity index (χ4n) is 2.15. The summed E-state index contributed by atoms with van der Waals surface area (Å²) in [5.74, 6) is 0.262. The van der Waals surface area contributed by atoms with Gasteiger partial charge in [0.1, 0.15) is 21.8 Å². The lowest BCUT2D eigenvalue weighted by Gasteiger charge is -2.31. The average molecular weight is 326 g/mol. The molecule has 0 aromatic carbocycles. The summed E-state index contributed by atoms with van der Waals surface area (Å²) < 4.78 is 32.4. The van der Waals surface area contributed by atoms with E-state index in [2.05, 4.69) is 9.97 Å². The number of nitrogens with two attached hydrogens (primary N) is 1. The number of sulfonamides is 1. The highest BCUT2D eigenvalue weighted by atomic mass is 32.2. The molecule has 1 fully saturated rings. The molecule has 1 aliphatic heterocycles. The Balaban J connectivity index is 1.86. The molecule has 2 aromatic rings. The summed E-state index contributed by atoms with van der Waals surface area (Å²) in [6.45, 7) is 0.797. The molecule has 1 atom stereocenters. The Morgan fingerprint density at radius 3 is 2.90 bits per heavy atom. The zero-order chi connectivity index (χ0) is 14.9. The van der Waals surface area contributed by atoms with E-state index in [-0.39, 0.29) is 12.4 Å². The molecule has 0 radical (unpaired) electrons. The number of morpholine rings is 1. The van der Waals surface area contributed by atoms with E-state index in [1.807, 2.05) is 0 Å². The lowest BCUT2D eigenvalue weighted by atomic mass is 10.2. The van der Waals surface area contributed by atoms with Crippen molar-refractivity contribution in [2.75, 3.05) is 25.4 Å². The molecule has 2 N–H and O–H groups in total. The maximum Gasteiger partial charge on any atom is 0.252 e. The van der Waals surface area contributed by atoms with E-state index in [9.17, 15) is 8.42 Å². The van der Waals surface area contributed by atoms with Crippen LogP contribution in [0, 0.1) is 0 Å². The van der Waals surface area contributed by atoms with E-state index in [1.165, 1.54) is 28.0 Å². The second-order valence-corrected chi connectivity index (χ2v) is 7.59. The van der Waals surface area contributed by atoms with Gasteiger partial charge in [0.05, 0.1) is 6.61 Å². The Hall–Kier alpha value is -1.55. The first-order valence-corrected chi connectivity index (χ1v) is 8.62. The van der Waals surface area contributed by atoms with Gasteiger partial charge in [-0.25, -0.2) is 13.4 Å². The SMILES string of the molecule is Nc1nccnc1C1CN(S(=O)(=O)c2cccs2)CCO1. The number of nitrogens with zero attached hydrogens (tertiary/aromatic N) is 3. The Bertz CT molecular complexity index is 718. The molecule has 0 aliphatic carbocycles. The van der Waals surface area contributed by atoms with Crippen LogP contribution in [-0.4, -0.2) is 42.4 Å². The van der Waals surface area contributed by atoms with Crippen molar-refractivity contribution in [3.8, 4) is 0 Å². The molecular weight excluding hydrogens is 312 g/mol. The van der Waals surface area contributed by atoms with Crippen LogP contribution in [0.1, 0.15) is 11.8 Å². The maximum atomic E-state index is 12.5. The van der Waals surface area contributed by atoms with Gasteiger partial charge in [-0.05, 0) is 11.4 Å². The fraction of sp³-hybridized carbons (Fsp3) is 0.333. The van der Waals surface area contributed by atoms with Gasteiger partial charge >= 0.3 is 0 Å². The van der Waals surface area contributed by atoms with Crippen LogP contribution in [0.3, 0.4) is 0 Å². The lowest BCUT2D eigenvalue weighted by Crippen LogP contribution is -2.42. The van der Waals surface area contributed by atoms with Crippen LogP contribution in [0.4, 0.5) is 5.82 Å². The van der Waals surface area contributed by atoms with Gasteiger partial charge in [0.25, 0.3) is 10.0 Å². The number of ether oxygens (including phenoxy) is 1. The number of thiophene rings is 1. The van der Waals surface area contributed by atoms with Crippen LogP contribution >= 0.6 is 11.3 Å². The van der Waals surface area contributed by atoms with Crippen LogP contribution in [0.2, 0.25) is 0 Å². The van der Waals surface area contributed by atoms with Crippen molar-refractivity contribution in [2.45, 2.75) is 10.3 Å². The molecule has 2 aromatic heterocycles. The van der Waals surface area contributed by atoms with Gasteiger partial charge in [-0.2, -0.15) is 4.31 Å². The van der Waals surface area contributed by atoms with E-state index in [4.69, 9.17) is 10.5 Å². The van der Waals surface area contributed by atoms with Gasteiger partial charge < -0.3 is 10.5 Å². The van der Waals surface area contributed by atoms with Crippen molar-refractivity contribution in [2.24, 2.45) is 0 Å². The van der Waals surface area contributed by atoms with E-state index < -0.39 is 16.1 Å². The molecule has 1 unspecified atom stereocenters. The zero-order valence-electron chi connectivity index (χ0n) is 11.0. The Morgan fingerprint density at radius 2 is 2.19 bits per heavy atom. The zero-order valence-corrected chi connectivity index (χ0v) is 12.7. The third kappa shape index (κ3) is 2.77. The third-order valence-corrected chi connectivity index (χ3v) is 6.42. The van der Waals surface area contributed by atoms with Crippen molar-refractivity contribution in [1.82, 2.24) is 14.3 Å². The van der Waals surface area contributed by atoms with Gasteiger partial charge in [0.2, 0.25) is 0 Å². The lowest BCUT2D eigenvalue weighted by molar-refractivity contribution is -0.00459. The van der Waals surface area contributed by atoms with Crippen LogP contribution in [0.25, 0.3) is 0 Å². The molecule has 0 bridgehead atoms. The topological polar surface area (TPSA) is 98.4 Å². The second kappa shape index (κ2) is 5.68. The monoisotopic (exact) mass is 326 g/mol. The predicted molar refractivity (Wildman–Crippen MR) is 78.2 cm³/mol. The molecule has 0 spiro atoms. The summed E-state index contributed by atoms with van der Waals surface area (Å²) in [5, 5.41) is 1.74. The van der Waals surface area contributed by atoms with E-state index in [0.29, 0.717) is 23.1 Å². The third-order valence-electron chi connectivity index (χ3n) is 3.18. The van der Waals surface area contributed by atoms with Gasteiger partial charge in [0, 0.05) is 25.5 Å². The highest BCUT2D eigenvalue weighted by molar-refractivity contribution is 7.91. The quantitative estimate of drug-likeness (QED) is 0.899. The van der Waals surface area contributed by atoms with Crippen molar-refractivity contribution >= 4 is 27.2 Å². The normalized spacial score (nSPS) is 20.5. The highest BCUT2D eigenvalue weighted by Crippen LogP contribution is 2.28. The largest absolute Gasteiger partial charge is 0.382 e. The fourth-order valence-corrected chi connectivity index (χ4v) is 4.72. The van der Waals surface area contributed by atoms with Crippen molar-refractivity contribution in [1.29, 1.82) is 0 Å². The average Bonchev–Trinajstić information content (AvgIpc) is 3.03. The highest BCUT2D eigenvalue weighted by Gasteiger charge is 2.33. The van der Waals surface area contributed by atoms with Gasteiger partial charge in [-0.15, -0.1) is 11.3 Å². The summed E-state index contributed by atoms with van der Waals surface area (Å²) in [6, 6.07) is 3.32. The maximum absolute atomic E-state index is 12.5. The number of nitrogen functional groups attached to an aromatic ring is 1. The van der Waals surface area contributed by atoms with E-state index >= 15 is 0 Å². The first kappa shape index (κ1) is 14.4. The summed E-state index contributed by atoms with van der Waals surface area (Å²) in [5.41, 5.74) is 6.26. The van der Waals surface area contributed by atoms with Crippen LogP contribution in [0.15, 0.2) is 34.1 Å². The molecule has 21 heavy (non-hydrogen) atoms. The molecular formula is C12H14N4O3S2. The van der Waals surface area contributed by atoms with Crippen LogP contribution in [-0.2, 0) is 14.8 Å². The summed E-state index contributed by atoms with van der Waals surface area (Å²) >= 11 is 1.20. The van der Waals surface area contributed by atoms with Crippen molar-refractivity contribution < 1.29 is 13.2 Å². The smallest absolute Gasteiger partial charge is 0.252 e. The van der Waals surface area contributed by atoms with Crippen molar-refractivity contribution in [3.63, 3.8) is 0 Å². The molecule has 3 rings (SSSR count). The predicted octanol–water partition coefficient (Wildman–Crippen LogP) is 0.882. The summed E-state index contributed by atoms with van der Waals surface area (Å²) in [4.78, 5) is 8.11. The van der Waals surface area contributed by atoms with E-state index in [1.54, 1.807) is 17.5 Å². The van der Waals surface area contributed by atoms with Crippen molar-refractivity contribution in [3.05, 3.63) is 35.6 Å². The first-order valence-electron chi connectivity index (χ1n) is 6.30. The van der Waals surface area contributed by atoms with Crippen LogP contribution in [0.5, 0.6) is 0 Å². The molecule has 112 valence electrons. The molecule has 1 saturated heterocycles. The Labute approximate surface area is 126 Å². The Morgan fingerprint density at radius 1 is 1.38 bits per heavy atom. The molecule has 9 heteroatoms. The molecule has 1 aliphatic rings. The Kier molecular flexibility index (Phi) is 3.89. The number of aromatic nitrogens is 2. The van der Waals surface area contributed by atoms with Crippen LogP contribution < -0.4 is 5.73 Å². The molecule has 7 nitrogen and oxygen atoms in total. The van der Waals surface area contributed by atoms with E-state index in [0.717, 1.165) is 0 Å². The second-order valence-electron chi connectivity index (χ2n) is 4.48. The minimum Gasteiger partial charge on any atom is -0.382 e. The van der Waals surface area contributed by atoms with Gasteiger partial charge in [0.15, 0.2) is 0 Å². The number of hydrogen-bond acceptors (Lipinski definition) is 7. The van der Waals surface area contributed by atoms with Gasteiger partial charge in [-0.1, -0.05) is 6.07 Å². The van der Waals surface area contributed by atoms with Gasteiger partial charge in [-0.3, -0.25) is 4.98 Å². The summed E-state index contributed by atoms with van der Waals surface area (Å²) in [6.07, 6.45) is 2.51. The standard InChI is InChI=1S/C12H14N4O3S2/c13-12-11(14-3-4-15-12)9-8-16(5-6-19-9)21(17,18)10-2-1-7-20-10/h1-4,7,9H,5-6,8H2,(H2,13,15). The number of rotatable bonds is 3. The first-order chi connectivity index (χ1) is 10.1.